The summed E-state index contributed by atoms with van der Waals surface area (Å²) in [5, 5.41) is 14.3. The number of Topliss-reactive ketones (excluding diaryl/α,β-unsaturated/α-hetero) is 4. The average molecular weight is 2070 g/mol. The molecule has 145 heavy (non-hydrogen) atoms. The van der Waals surface area contributed by atoms with E-state index in [-0.39, 0.29) is 155 Å². The van der Waals surface area contributed by atoms with Crippen LogP contribution in [0, 0.1) is 25.7 Å². The van der Waals surface area contributed by atoms with Crippen LogP contribution in [-0.4, -0.2) is 171 Å². The SMILES string of the molecule is C.COC(=O)CCCC(=O)[C@H](C)NC(=O)[C@H](C)CC(=O)c1cc(COc2cc3c(cc2C)C(=O)N2c4ccccc4C[C@H]2C=N3)cc(COc2cc3c(cc2OC)C(=O)N2c4ccccc4C[C@H]2CC3)c1.COc1cc2c(cc1OCc1cc(COc3cc4c(cc3C)C(=O)N3c5ccccc5C[C@H]3C=N4)cc(C(=O)C[C@@H](C)C(=O)N[C@@H](C)C(=O)CCCC(=O)O)c1)CC[C@@H]1Cc3ccccc3N1C2=O.O.[CH3][Sn]([CH3])[CH3]. The van der Waals surface area contributed by atoms with Gasteiger partial charge in [-0.1, -0.05) is 94.1 Å². The molecule has 0 fully saturated rings. The molecule has 755 valence electrons. The fourth-order valence-corrected chi connectivity index (χ4v) is 19.8. The van der Waals surface area contributed by atoms with Crippen LogP contribution >= 0.6 is 0 Å². The molecule has 8 aliphatic rings. The zero-order valence-electron chi connectivity index (χ0n) is 83.1. The van der Waals surface area contributed by atoms with Gasteiger partial charge in [0.25, 0.3) is 23.6 Å². The number of esters is 1. The van der Waals surface area contributed by atoms with E-state index in [1.807, 2.05) is 145 Å². The maximum atomic E-state index is 14.1. The molecule has 0 saturated carbocycles. The summed E-state index contributed by atoms with van der Waals surface area (Å²) in [5.41, 5.74) is 17.7. The van der Waals surface area contributed by atoms with Crippen molar-refractivity contribution < 1.29 is 101 Å². The van der Waals surface area contributed by atoms with Crippen molar-refractivity contribution in [3.63, 3.8) is 0 Å². The minimum absolute atomic E-state index is 0. The molecule has 0 aromatic heterocycles. The van der Waals surface area contributed by atoms with Crippen molar-refractivity contribution in [1.29, 1.82) is 0 Å². The van der Waals surface area contributed by atoms with Crippen LogP contribution in [0.1, 0.15) is 228 Å². The quantitative estimate of drug-likeness (QED) is 0.0191. The minimum atomic E-state index is -1.00. The Kier molecular flexibility index (Phi) is 34.4. The van der Waals surface area contributed by atoms with Gasteiger partial charge in [-0.05, 0) is 243 Å². The fourth-order valence-electron chi connectivity index (χ4n) is 19.8. The molecule has 10 aromatic rings. The summed E-state index contributed by atoms with van der Waals surface area (Å²) in [5.74, 6) is -2.75. The van der Waals surface area contributed by atoms with Crippen LogP contribution in [0.4, 0.5) is 34.1 Å². The van der Waals surface area contributed by atoms with E-state index in [4.69, 9.17) is 43.5 Å². The number of carbonyl (C=O) groups excluding carboxylic acids is 11. The number of anilines is 4. The third-order valence-corrected chi connectivity index (χ3v) is 27.3. The summed E-state index contributed by atoms with van der Waals surface area (Å²) in [7, 11) is 4.35. The normalized spacial score (nSPS) is 16.7. The third-order valence-electron chi connectivity index (χ3n) is 27.3. The van der Waals surface area contributed by atoms with Gasteiger partial charge < -0.3 is 64.2 Å². The molecule has 0 bridgehead atoms. The number of ether oxygens (including phenoxy) is 7. The van der Waals surface area contributed by atoms with Crippen LogP contribution in [0.25, 0.3) is 0 Å². The van der Waals surface area contributed by atoms with E-state index < -0.39 is 67.4 Å². The number of methoxy groups -OCH3 is 3. The topological polar surface area (TPSA) is 383 Å². The summed E-state index contributed by atoms with van der Waals surface area (Å²) in [6.45, 7) is 10.2. The first-order valence-electron chi connectivity index (χ1n) is 48.8. The van der Waals surface area contributed by atoms with Gasteiger partial charge in [-0.2, -0.15) is 0 Å². The molecular formula is C115H125N8O21Sn. The van der Waals surface area contributed by atoms with Crippen molar-refractivity contribution in [2.45, 2.75) is 229 Å². The molecule has 0 saturated heterocycles. The van der Waals surface area contributed by atoms with Crippen molar-refractivity contribution in [1.82, 2.24) is 10.6 Å². The molecule has 29 nitrogen and oxygen atoms in total. The Morgan fingerprint density at radius 2 is 0.752 bits per heavy atom. The second-order valence-corrected chi connectivity index (χ2v) is 47.1. The molecule has 1 radical (unpaired) electrons. The summed E-state index contributed by atoms with van der Waals surface area (Å²) in [6, 6.07) is 54.9. The molecule has 8 atom stereocenters. The van der Waals surface area contributed by atoms with Gasteiger partial charge in [-0.3, -0.25) is 77.3 Å². The van der Waals surface area contributed by atoms with Gasteiger partial charge in [0.2, 0.25) is 11.8 Å². The van der Waals surface area contributed by atoms with E-state index in [0.29, 0.717) is 134 Å². The molecule has 0 unspecified atom stereocenters. The summed E-state index contributed by atoms with van der Waals surface area (Å²) >= 11 is -0.543. The number of benzene rings is 10. The molecule has 8 aliphatic heterocycles. The number of fused-ring (bicyclic) bond motifs is 16. The Labute approximate surface area is 851 Å². The number of amides is 6. The van der Waals surface area contributed by atoms with Gasteiger partial charge in [0.1, 0.15) is 37.9 Å². The van der Waals surface area contributed by atoms with Crippen molar-refractivity contribution in [2.24, 2.45) is 21.8 Å². The zero-order valence-corrected chi connectivity index (χ0v) is 86.0. The number of rotatable bonds is 34. The van der Waals surface area contributed by atoms with Crippen LogP contribution in [0.5, 0.6) is 34.5 Å². The van der Waals surface area contributed by atoms with E-state index in [1.165, 1.54) is 21.3 Å². The maximum absolute atomic E-state index is 14.1. The second-order valence-electron chi connectivity index (χ2n) is 38.6. The Morgan fingerprint density at radius 3 is 1.11 bits per heavy atom. The second kappa shape index (κ2) is 46.9. The molecular weight excluding hydrogens is 1950 g/mol. The predicted molar refractivity (Wildman–Crippen MR) is 557 cm³/mol. The van der Waals surface area contributed by atoms with Crippen molar-refractivity contribution in [3.05, 3.63) is 282 Å². The van der Waals surface area contributed by atoms with Gasteiger partial charge in [0.05, 0.1) is 68.0 Å². The first kappa shape index (κ1) is 106. The summed E-state index contributed by atoms with van der Waals surface area (Å²) < 4.78 is 42.1. The molecule has 6 amide bonds. The van der Waals surface area contributed by atoms with E-state index in [9.17, 15) is 57.5 Å². The van der Waals surface area contributed by atoms with E-state index in [1.54, 1.807) is 98.2 Å². The van der Waals surface area contributed by atoms with E-state index >= 15 is 0 Å². The summed E-state index contributed by atoms with van der Waals surface area (Å²) in [6.07, 6.45) is 9.69. The van der Waals surface area contributed by atoms with Crippen LogP contribution in [0.15, 0.2) is 192 Å². The van der Waals surface area contributed by atoms with Crippen LogP contribution < -0.4 is 58.7 Å². The number of para-hydroxylation sites is 4. The monoisotopic (exact) mass is 2070 g/mol. The summed E-state index contributed by atoms with van der Waals surface area (Å²) in [4.78, 5) is 183. The number of carboxylic acids is 1. The van der Waals surface area contributed by atoms with Crippen LogP contribution in [-0.2, 0) is 98.5 Å². The Balaban J connectivity index is 0.000000219. The number of aliphatic imine (C=N–C) groups is 2. The molecule has 10 aromatic carbocycles. The van der Waals surface area contributed by atoms with Gasteiger partial charge >= 0.3 is 46.5 Å². The fraction of sp³-hybridized carbons (Fsp3) is 0.357. The molecule has 8 heterocycles. The number of carboxylic acid groups (broad SMARTS) is 1. The van der Waals surface area contributed by atoms with Crippen molar-refractivity contribution in [3.8, 4) is 34.5 Å². The number of aryl methyl sites for hydroxylation is 4. The number of nitrogens with one attached hydrogen (secondary N) is 2. The Morgan fingerprint density at radius 1 is 0.414 bits per heavy atom. The average Bonchev–Trinajstić information content (AvgIpc) is 1.62. The van der Waals surface area contributed by atoms with Gasteiger partial charge in [0, 0.05) is 145 Å². The van der Waals surface area contributed by atoms with Crippen LogP contribution in [0.2, 0.25) is 14.8 Å². The molecule has 30 heteroatoms. The standard InChI is InChI=1S/C56H56N4O10.C55H54N4O10.CH4.3CH3.H2O.Sn/c1-32-19-44-45(57-29-42-25-39-12-7-9-14-47(39)60(42)56(44)66)28-50(32)69-30-35-21-36(23-40(22-35)49(62)20-33(2)54(64)58-34(3)48(61)15-10-16-53(63)68-5)31-70-52-26-37-17-18-41-24-38-11-6-8-13-46(38)59(41)55(65)43(37)27-51(52)67-4;1-31-18-43-44(56-28-41-24-38-11-6-8-13-46(38)59(41)55(43)66)27-49(31)68-29-34-20-35(22-39(21-34)48(61)19-32(2)53(64)57-33(3)47(60)14-9-15-52(62)63)30-69-51-25-36-16-17-40-23-37-10-5-7-12-45(37)58(40)54(65)42(36)26-50(51)67-4;;;;;;/h6-9,11-14,19,21-23,26-29,33-34,41-42H,10,15-18,20,24-25,30-31H2,1-5H3,(H,58,64);5-8,10-13,18,20-22,25-28,32-33,40-41H,9,14-17,19,23-24,29-30H2,1-4H3,(H,57,64)(H,62,63);1H4;3*1H3;1H2;/t33-,34+,41-,42+;32-,33+,40-,41+;;;;;;/m11....../s1. The number of hydrogen-bond acceptors (Lipinski definition) is 21. The van der Waals surface area contributed by atoms with Gasteiger partial charge in [-0.25, -0.2) is 0 Å². The van der Waals surface area contributed by atoms with Crippen molar-refractivity contribution >= 4 is 137 Å². The predicted octanol–water partition coefficient (Wildman–Crippen LogP) is 18.3. The molecule has 18 rings (SSSR count). The van der Waals surface area contributed by atoms with Gasteiger partial charge in [-0.15, -0.1) is 0 Å². The first-order chi connectivity index (χ1) is 68.8. The third kappa shape index (κ3) is 24.1. The number of aliphatic carboxylic acids is 1. The molecule has 0 aliphatic carbocycles. The van der Waals surface area contributed by atoms with Gasteiger partial charge in [0.15, 0.2) is 46.1 Å². The van der Waals surface area contributed by atoms with E-state index in [2.05, 4.69) is 42.3 Å². The number of ketones is 4. The Bertz CT molecular complexity index is 6760. The van der Waals surface area contributed by atoms with E-state index in [0.717, 1.165) is 92.9 Å². The number of carbonyl (C=O) groups is 12. The number of hydrogen-bond donors (Lipinski definition) is 3. The Hall–Kier alpha value is -14.5. The van der Waals surface area contributed by atoms with Crippen molar-refractivity contribution in [2.75, 3.05) is 40.9 Å². The number of nitrogens with zero attached hydrogens (tertiary/aromatic N) is 6. The first-order valence-corrected chi connectivity index (χ1v) is 57.4. The molecule has 0 spiro atoms. The molecule has 5 N–H and O–H groups in total. The van der Waals surface area contributed by atoms with Crippen LogP contribution in [0.3, 0.4) is 0 Å². The zero-order chi connectivity index (χ0) is 101.